The molecule has 1 fully saturated rings. The zero-order valence-corrected chi connectivity index (χ0v) is 13.5. The Bertz CT molecular complexity index is 472. The van der Waals surface area contributed by atoms with Crippen molar-refractivity contribution in [3.05, 3.63) is 27.5 Å². The van der Waals surface area contributed by atoms with E-state index in [9.17, 15) is 0 Å². The van der Waals surface area contributed by atoms with Crippen LogP contribution in [0.15, 0.2) is 10.7 Å². The van der Waals surface area contributed by atoms with Crippen molar-refractivity contribution >= 4 is 15.9 Å². The van der Waals surface area contributed by atoms with Gasteiger partial charge >= 0.3 is 0 Å². The number of aromatic nitrogens is 1. The molecule has 0 aromatic carbocycles. The van der Waals surface area contributed by atoms with E-state index in [2.05, 4.69) is 40.7 Å². The molecule has 104 valence electrons. The molecule has 1 saturated heterocycles. The van der Waals surface area contributed by atoms with E-state index >= 15 is 0 Å². The van der Waals surface area contributed by atoms with Gasteiger partial charge in [0.25, 0.3) is 0 Å². The molecule has 2 nitrogen and oxygen atoms in total. The molecule has 0 saturated carbocycles. The van der Waals surface area contributed by atoms with E-state index < -0.39 is 0 Å². The van der Waals surface area contributed by atoms with Crippen LogP contribution in [0.4, 0.5) is 0 Å². The van der Waals surface area contributed by atoms with Gasteiger partial charge in [0.15, 0.2) is 0 Å². The Morgan fingerprint density at radius 2 is 2.21 bits per heavy atom. The number of fused-ring (bicyclic) bond motifs is 1. The molecule has 2 heterocycles. The van der Waals surface area contributed by atoms with Crippen molar-refractivity contribution in [2.75, 3.05) is 13.1 Å². The summed E-state index contributed by atoms with van der Waals surface area (Å²) in [6.45, 7) is 8.30. The highest BCUT2D eigenvalue weighted by atomic mass is 79.9. The van der Waals surface area contributed by atoms with Crippen LogP contribution in [0.5, 0.6) is 0 Å². The van der Waals surface area contributed by atoms with Gasteiger partial charge in [-0.3, -0.25) is 4.90 Å². The second-order valence-corrected chi connectivity index (χ2v) is 7.20. The highest BCUT2D eigenvalue weighted by Gasteiger charge is 2.25. The molecule has 0 radical (unpaired) electrons. The van der Waals surface area contributed by atoms with Crippen LogP contribution in [-0.2, 0) is 13.0 Å². The zero-order valence-electron chi connectivity index (χ0n) is 12.0. The lowest BCUT2D eigenvalue weighted by atomic mass is 9.99. The van der Waals surface area contributed by atoms with Gasteiger partial charge in [0.2, 0.25) is 0 Å². The summed E-state index contributed by atoms with van der Waals surface area (Å²) in [5, 5.41) is 0. The van der Waals surface area contributed by atoms with E-state index in [1.165, 1.54) is 55.6 Å². The maximum atomic E-state index is 4.70. The molecule has 3 rings (SSSR count). The predicted octanol–water partition coefficient (Wildman–Crippen LogP) is 4.13. The molecule has 1 aromatic rings. The highest BCUT2D eigenvalue weighted by molar-refractivity contribution is 9.10. The van der Waals surface area contributed by atoms with Crippen molar-refractivity contribution in [2.45, 2.75) is 52.0 Å². The predicted molar refractivity (Wildman–Crippen MR) is 82.3 cm³/mol. The minimum Gasteiger partial charge on any atom is -0.299 e. The molecule has 3 heteroatoms. The normalized spacial score (nSPS) is 27.5. The minimum absolute atomic E-state index is 0.631. The maximum Gasteiger partial charge on any atom is 0.106 e. The van der Waals surface area contributed by atoms with Crippen molar-refractivity contribution in [2.24, 2.45) is 5.92 Å². The van der Waals surface area contributed by atoms with Crippen LogP contribution < -0.4 is 0 Å². The summed E-state index contributed by atoms with van der Waals surface area (Å²) in [6.07, 6.45) is 5.23. The van der Waals surface area contributed by atoms with E-state index in [0.29, 0.717) is 5.92 Å². The van der Waals surface area contributed by atoms with Crippen LogP contribution in [0.1, 0.15) is 55.8 Å². The molecular weight excluding hydrogens is 300 g/mol. The Balaban J connectivity index is 1.83. The molecule has 2 aliphatic rings. The van der Waals surface area contributed by atoms with Crippen LogP contribution in [0.3, 0.4) is 0 Å². The number of rotatable bonds is 2. The standard InChI is InChI=1S/C16H23BrN2/c1-11-4-3-7-19(9-11)10-13-8-15(17)18-16-12(2)5-6-14(13)16/h8,11-12H,3-7,9-10H2,1-2H3/t11-,12?/m0/s1. The lowest BCUT2D eigenvalue weighted by Gasteiger charge is -2.31. The lowest BCUT2D eigenvalue weighted by Crippen LogP contribution is -2.34. The molecule has 1 unspecified atom stereocenters. The molecule has 1 aliphatic carbocycles. The lowest BCUT2D eigenvalue weighted by molar-refractivity contribution is 0.176. The number of pyridine rings is 1. The van der Waals surface area contributed by atoms with Gasteiger partial charge in [-0.2, -0.15) is 0 Å². The van der Waals surface area contributed by atoms with Gasteiger partial charge < -0.3 is 0 Å². The van der Waals surface area contributed by atoms with E-state index in [4.69, 9.17) is 4.98 Å². The third-order valence-corrected chi connectivity index (χ3v) is 5.05. The molecular formula is C16H23BrN2. The van der Waals surface area contributed by atoms with Crippen LogP contribution in [0, 0.1) is 5.92 Å². The Labute approximate surface area is 124 Å². The molecule has 2 atom stereocenters. The number of hydrogen-bond donors (Lipinski definition) is 0. The quantitative estimate of drug-likeness (QED) is 0.761. The molecule has 0 N–H and O–H groups in total. The molecule has 1 aliphatic heterocycles. The van der Waals surface area contributed by atoms with Gasteiger partial charge in [0, 0.05) is 18.8 Å². The monoisotopic (exact) mass is 322 g/mol. The van der Waals surface area contributed by atoms with Crippen molar-refractivity contribution in [3.63, 3.8) is 0 Å². The summed E-state index contributed by atoms with van der Waals surface area (Å²) in [7, 11) is 0. The molecule has 0 amide bonds. The molecule has 0 spiro atoms. The van der Waals surface area contributed by atoms with Gasteiger partial charge in [0.1, 0.15) is 4.60 Å². The van der Waals surface area contributed by atoms with Gasteiger partial charge in [-0.05, 0) is 77.2 Å². The Morgan fingerprint density at radius 3 is 3.00 bits per heavy atom. The number of piperidine rings is 1. The average Bonchev–Trinajstić information content (AvgIpc) is 2.71. The van der Waals surface area contributed by atoms with Crippen LogP contribution >= 0.6 is 15.9 Å². The van der Waals surface area contributed by atoms with E-state index in [1.807, 2.05) is 0 Å². The van der Waals surface area contributed by atoms with Crippen molar-refractivity contribution in [3.8, 4) is 0 Å². The molecule has 19 heavy (non-hydrogen) atoms. The van der Waals surface area contributed by atoms with E-state index in [1.54, 1.807) is 0 Å². The fourth-order valence-electron chi connectivity index (χ4n) is 3.62. The third kappa shape index (κ3) is 2.87. The fraction of sp³-hybridized carbons (Fsp3) is 0.688. The van der Waals surface area contributed by atoms with Crippen molar-refractivity contribution < 1.29 is 0 Å². The first-order valence-electron chi connectivity index (χ1n) is 7.54. The fourth-order valence-corrected chi connectivity index (χ4v) is 4.08. The molecule has 0 bridgehead atoms. The summed E-state index contributed by atoms with van der Waals surface area (Å²) in [6, 6.07) is 2.25. The number of hydrogen-bond acceptors (Lipinski definition) is 2. The first kappa shape index (κ1) is 13.6. The number of nitrogens with zero attached hydrogens (tertiary/aromatic N) is 2. The summed E-state index contributed by atoms with van der Waals surface area (Å²) >= 11 is 3.59. The first-order chi connectivity index (χ1) is 9.13. The summed E-state index contributed by atoms with van der Waals surface area (Å²) in [5.41, 5.74) is 4.39. The highest BCUT2D eigenvalue weighted by Crippen LogP contribution is 2.35. The number of halogens is 1. The summed E-state index contributed by atoms with van der Waals surface area (Å²) < 4.78 is 1.01. The summed E-state index contributed by atoms with van der Waals surface area (Å²) in [5.74, 6) is 1.48. The summed E-state index contributed by atoms with van der Waals surface area (Å²) in [4.78, 5) is 7.33. The second kappa shape index (κ2) is 5.53. The minimum atomic E-state index is 0.631. The molecule has 1 aromatic heterocycles. The van der Waals surface area contributed by atoms with Crippen LogP contribution in [0.2, 0.25) is 0 Å². The van der Waals surface area contributed by atoms with Gasteiger partial charge in [-0.15, -0.1) is 0 Å². The van der Waals surface area contributed by atoms with Gasteiger partial charge in [-0.1, -0.05) is 13.8 Å². The average molecular weight is 323 g/mol. The van der Waals surface area contributed by atoms with Crippen molar-refractivity contribution in [1.29, 1.82) is 0 Å². The van der Waals surface area contributed by atoms with Gasteiger partial charge in [-0.25, -0.2) is 4.98 Å². The second-order valence-electron chi connectivity index (χ2n) is 6.39. The van der Waals surface area contributed by atoms with Crippen LogP contribution in [-0.4, -0.2) is 23.0 Å². The Morgan fingerprint density at radius 1 is 1.37 bits per heavy atom. The smallest absolute Gasteiger partial charge is 0.106 e. The third-order valence-electron chi connectivity index (χ3n) is 4.65. The van der Waals surface area contributed by atoms with E-state index in [-0.39, 0.29) is 0 Å². The zero-order chi connectivity index (χ0) is 13.4. The Hall–Kier alpha value is -0.410. The SMILES string of the molecule is CC1CCc2c(CN3CCC[C@H](C)C3)cc(Br)nc21. The van der Waals surface area contributed by atoms with E-state index in [0.717, 1.165) is 17.1 Å². The van der Waals surface area contributed by atoms with Crippen LogP contribution in [0.25, 0.3) is 0 Å². The first-order valence-corrected chi connectivity index (χ1v) is 8.33. The Kier molecular flexibility index (Phi) is 3.95. The van der Waals surface area contributed by atoms with Gasteiger partial charge in [0.05, 0.1) is 0 Å². The topological polar surface area (TPSA) is 16.1 Å². The largest absolute Gasteiger partial charge is 0.299 e. The van der Waals surface area contributed by atoms with Crippen molar-refractivity contribution in [1.82, 2.24) is 9.88 Å². The maximum absolute atomic E-state index is 4.70. The number of likely N-dealkylation sites (tertiary alicyclic amines) is 1.